The van der Waals surface area contributed by atoms with E-state index in [2.05, 4.69) is 20.8 Å². The summed E-state index contributed by atoms with van der Waals surface area (Å²) < 4.78 is 17.9. The molecular weight excluding hydrogens is 386 g/mol. The van der Waals surface area contributed by atoms with Crippen molar-refractivity contribution in [3.63, 3.8) is 0 Å². The molecule has 9 heteroatoms. The first-order valence-corrected chi connectivity index (χ1v) is 9.61. The van der Waals surface area contributed by atoms with E-state index in [1.54, 1.807) is 43.2 Å². The van der Waals surface area contributed by atoms with Gasteiger partial charge in [-0.2, -0.15) is 0 Å². The second-order valence-electron chi connectivity index (χ2n) is 6.42. The Kier molecular flexibility index (Phi) is 7.20. The number of aromatic nitrogens is 4. The van der Waals surface area contributed by atoms with E-state index < -0.39 is 0 Å². The first-order valence-electron chi connectivity index (χ1n) is 9.61. The number of amides is 1. The smallest absolute Gasteiger partial charge is 0.251 e. The van der Waals surface area contributed by atoms with Crippen LogP contribution in [-0.4, -0.2) is 46.9 Å². The lowest BCUT2D eigenvalue weighted by Crippen LogP contribution is -2.25. The zero-order chi connectivity index (χ0) is 21.3. The minimum Gasteiger partial charge on any atom is -0.493 e. The van der Waals surface area contributed by atoms with Gasteiger partial charge in [0, 0.05) is 18.7 Å². The number of tetrazole rings is 1. The van der Waals surface area contributed by atoms with Crippen LogP contribution in [0.15, 0.2) is 42.5 Å². The van der Waals surface area contributed by atoms with Crippen molar-refractivity contribution in [3.05, 3.63) is 59.4 Å². The molecular formula is C21H25N5O4. The average molecular weight is 411 g/mol. The number of nitrogens with zero attached hydrogens (tertiary/aromatic N) is 4. The van der Waals surface area contributed by atoms with E-state index in [0.29, 0.717) is 48.1 Å². The quantitative estimate of drug-likeness (QED) is 0.546. The lowest BCUT2D eigenvalue weighted by molar-refractivity contribution is 0.0953. The first-order chi connectivity index (χ1) is 14.6. The summed E-state index contributed by atoms with van der Waals surface area (Å²) in [5.74, 6) is 2.38. The second-order valence-corrected chi connectivity index (χ2v) is 6.42. The van der Waals surface area contributed by atoms with Crippen molar-refractivity contribution >= 4 is 5.91 Å². The molecule has 158 valence electrons. The number of ether oxygens (including phenoxy) is 3. The molecule has 0 aliphatic rings. The highest BCUT2D eigenvalue weighted by Crippen LogP contribution is 2.27. The Bertz CT molecular complexity index is 989. The van der Waals surface area contributed by atoms with Gasteiger partial charge in [-0.1, -0.05) is 12.1 Å². The summed E-state index contributed by atoms with van der Waals surface area (Å²) in [5, 5.41) is 14.4. The Morgan fingerprint density at radius 2 is 1.93 bits per heavy atom. The van der Waals surface area contributed by atoms with Crippen LogP contribution in [0.3, 0.4) is 0 Å². The van der Waals surface area contributed by atoms with Crippen molar-refractivity contribution < 1.29 is 19.0 Å². The van der Waals surface area contributed by atoms with E-state index in [4.69, 9.17) is 14.2 Å². The van der Waals surface area contributed by atoms with E-state index in [1.165, 1.54) is 0 Å². The minimum atomic E-state index is -0.167. The monoisotopic (exact) mass is 411 g/mol. The van der Waals surface area contributed by atoms with Crippen molar-refractivity contribution in [3.8, 4) is 17.2 Å². The Balaban J connectivity index is 1.54. The van der Waals surface area contributed by atoms with E-state index in [-0.39, 0.29) is 12.5 Å². The summed E-state index contributed by atoms with van der Waals surface area (Å²) >= 11 is 0. The molecule has 0 saturated heterocycles. The van der Waals surface area contributed by atoms with Gasteiger partial charge in [0.2, 0.25) is 0 Å². The van der Waals surface area contributed by atoms with Crippen LogP contribution in [0.4, 0.5) is 0 Å². The zero-order valence-corrected chi connectivity index (χ0v) is 17.3. The predicted molar refractivity (Wildman–Crippen MR) is 110 cm³/mol. The lowest BCUT2D eigenvalue weighted by atomic mass is 10.1. The molecule has 0 spiro atoms. The van der Waals surface area contributed by atoms with Crippen molar-refractivity contribution in [2.24, 2.45) is 0 Å². The van der Waals surface area contributed by atoms with Gasteiger partial charge in [-0.3, -0.25) is 4.79 Å². The van der Waals surface area contributed by atoms with Crippen molar-refractivity contribution in [2.45, 2.75) is 26.5 Å². The lowest BCUT2D eigenvalue weighted by Gasteiger charge is -2.11. The van der Waals surface area contributed by atoms with Crippen LogP contribution < -0.4 is 19.5 Å². The number of aryl methyl sites for hydroxylation is 1. The van der Waals surface area contributed by atoms with Crippen LogP contribution in [-0.2, 0) is 19.6 Å². The van der Waals surface area contributed by atoms with Crippen molar-refractivity contribution in [2.75, 3.05) is 20.8 Å². The van der Waals surface area contributed by atoms with Gasteiger partial charge in [0.1, 0.15) is 12.4 Å². The van der Waals surface area contributed by atoms with Crippen LogP contribution >= 0.6 is 0 Å². The predicted octanol–water partition coefficient (Wildman–Crippen LogP) is 2.26. The van der Waals surface area contributed by atoms with Gasteiger partial charge in [0.25, 0.3) is 5.91 Å². The molecule has 0 aliphatic heterocycles. The van der Waals surface area contributed by atoms with Gasteiger partial charge in [-0.15, -0.1) is 5.10 Å². The maximum atomic E-state index is 12.5. The molecule has 3 aromatic rings. The number of carbonyl (C=O) groups excluding carboxylic acids is 1. The Morgan fingerprint density at radius 1 is 1.10 bits per heavy atom. The second kappa shape index (κ2) is 10.2. The van der Waals surface area contributed by atoms with Crippen LogP contribution in [0, 0.1) is 0 Å². The highest BCUT2D eigenvalue weighted by Gasteiger charge is 2.10. The third-order valence-electron chi connectivity index (χ3n) is 4.52. The van der Waals surface area contributed by atoms with Crippen molar-refractivity contribution in [1.29, 1.82) is 0 Å². The molecule has 3 rings (SSSR count). The van der Waals surface area contributed by atoms with Crippen LogP contribution in [0.1, 0.15) is 28.7 Å². The number of nitrogens with one attached hydrogen (secondary N) is 1. The van der Waals surface area contributed by atoms with Gasteiger partial charge in [0.15, 0.2) is 17.3 Å². The third-order valence-corrected chi connectivity index (χ3v) is 4.52. The van der Waals surface area contributed by atoms with Crippen LogP contribution in [0.5, 0.6) is 17.2 Å². The van der Waals surface area contributed by atoms with Gasteiger partial charge in [0.05, 0.1) is 14.2 Å². The molecule has 1 amide bonds. The maximum absolute atomic E-state index is 12.5. The molecule has 2 aromatic carbocycles. The number of benzene rings is 2. The Hall–Kier alpha value is -3.62. The first kappa shape index (κ1) is 21.1. The average Bonchev–Trinajstić information content (AvgIpc) is 3.25. The summed E-state index contributed by atoms with van der Waals surface area (Å²) in [6.45, 7) is 3.33. The molecule has 9 nitrogen and oxygen atoms in total. The molecule has 0 bridgehead atoms. The topological polar surface area (TPSA) is 100 Å². The number of carbonyl (C=O) groups is 1. The summed E-state index contributed by atoms with van der Waals surface area (Å²) in [6.07, 6.45) is 0.669. The summed E-state index contributed by atoms with van der Waals surface area (Å²) in [6, 6.07) is 12.7. The molecule has 0 atom stereocenters. The largest absolute Gasteiger partial charge is 0.493 e. The molecule has 0 saturated carbocycles. The molecule has 0 fully saturated rings. The summed E-state index contributed by atoms with van der Waals surface area (Å²) in [5.41, 5.74) is 1.56. The molecule has 1 aromatic heterocycles. The van der Waals surface area contributed by atoms with E-state index in [1.807, 2.05) is 25.1 Å². The maximum Gasteiger partial charge on any atom is 0.251 e. The summed E-state index contributed by atoms with van der Waals surface area (Å²) in [4.78, 5) is 12.5. The molecule has 0 unspecified atom stereocenters. The van der Waals surface area contributed by atoms with Gasteiger partial charge >= 0.3 is 0 Å². The van der Waals surface area contributed by atoms with Crippen LogP contribution in [0.2, 0.25) is 0 Å². The normalized spacial score (nSPS) is 10.5. The zero-order valence-electron chi connectivity index (χ0n) is 17.3. The Morgan fingerprint density at radius 3 is 2.70 bits per heavy atom. The van der Waals surface area contributed by atoms with E-state index in [9.17, 15) is 4.79 Å². The fourth-order valence-electron chi connectivity index (χ4n) is 2.91. The molecule has 0 radical (unpaired) electrons. The molecule has 30 heavy (non-hydrogen) atoms. The fourth-order valence-corrected chi connectivity index (χ4v) is 2.91. The number of hydrogen-bond acceptors (Lipinski definition) is 7. The summed E-state index contributed by atoms with van der Waals surface area (Å²) in [7, 11) is 3.20. The molecule has 0 aliphatic carbocycles. The third kappa shape index (κ3) is 5.25. The number of methoxy groups -OCH3 is 2. The SMILES string of the molecule is CCn1nnnc1COc1cccc(C(=O)NCCc2ccc(OC)c(OC)c2)c1. The van der Waals surface area contributed by atoms with E-state index >= 15 is 0 Å². The molecule has 1 N–H and O–H groups in total. The Labute approximate surface area is 175 Å². The van der Waals surface area contributed by atoms with E-state index in [0.717, 1.165) is 5.56 Å². The van der Waals surface area contributed by atoms with Gasteiger partial charge < -0.3 is 19.5 Å². The number of hydrogen-bond donors (Lipinski definition) is 1. The highest BCUT2D eigenvalue weighted by atomic mass is 16.5. The number of rotatable bonds is 10. The van der Waals surface area contributed by atoms with Gasteiger partial charge in [-0.05, 0) is 59.7 Å². The fraction of sp³-hybridized carbons (Fsp3) is 0.333. The highest BCUT2D eigenvalue weighted by molar-refractivity contribution is 5.94. The molecule has 1 heterocycles. The van der Waals surface area contributed by atoms with Crippen LogP contribution in [0.25, 0.3) is 0 Å². The standard InChI is InChI=1S/C21H25N5O4/c1-4-26-20(23-24-25-26)14-30-17-7-5-6-16(13-17)21(27)22-11-10-15-8-9-18(28-2)19(12-15)29-3/h5-9,12-13H,4,10-11,14H2,1-3H3,(H,22,27). The van der Waals surface area contributed by atoms with Crippen molar-refractivity contribution in [1.82, 2.24) is 25.5 Å². The minimum absolute atomic E-state index is 0.167. The van der Waals surface area contributed by atoms with Gasteiger partial charge in [-0.25, -0.2) is 4.68 Å².